The van der Waals surface area contributed by atoms with Crippen LogP contribution in [-0.4, -0.2) is 0 Å². The van der Waals surface area contributed by atoms with Gasteiger partial charge >= 0.3 is 0 Å². The molecular formula is C10H16. The summed E-state index contributed by atoms with van der Waals surface area (Å²) in [5.74, 6) is 0.843. The maximum Gasteiger partial charge on any atom is -0.0291 e. The van der Waals surface area contributed by atoms with E-state index in [1.54, 1.807) is 0 Å². The van der Waals surface area contributed by atoms with Gasteiger partial charge in [-0.15, -0.1) is 0 Å². The fourth-order valence-electron chi connectivity index (χ4n) is 1.59. The van der Waals surface area contributed by atoms with Gasteiger partial charge in [0.1, 0.15) is 0 Å². The summed E-state index contributed by atoms with van der Waals surface area (Å²) in [4.78, 5) is 0. The molecule has 0 amide bonds. The third-order valence-corrected chi connectivity index (χ3v) is 1.99. The van der Waals surface area contributed by atoms with E-state index in [-0.39, 0.29) is 0 Å². The predicted molar refractivity (Wildman–Crippen MR) is 45.9 cm³/mol. The summed E-state index contributed by atoms with van der Waals surface area (Å²) >= 11 is 0. The van der Waals surface area contributed by atoms with Crippen molar-refractivity contribution in [3.63, 3.8) is 0 Å². The van der Waals surface area contributed by atoms with Crippen LogP contribution < -0.4 is 0 Å². The SMILES string of the molecule is CC1=CC=C(C)CC(C)C1. The van der Waals surface area contributed by atoms with Crippen molar-refractivity contribution < 1.29 is 0 Å². The van der Waals surface area contributed by atoms with Crippen molar-refractivity contribution in [2.45, 2.75) is 33.6 Å². The lowest BCUT2D eigenvalue weighted by Gasteiger charge is -2.07. The molecule has 0 bridgehead atoms. The van der Waals surface area contributed by atoms with Gasteiger partial charge in [0, 0.05) is 0 Å². The van der Waals surface area contributed by atoms with Crippen LogP contribution in [0.15, 0.2) is 23.3 Å². The number of allylic oxidation sites excluding steroid dienone is 4. The quantitative estimate of drug-likeness (QED) is 0.479. The van der Waals surface area contributed by atoms with E-state index < -0.39 is 0 Å². The van der Waals surface area contributed by atoms with Gasteiger partial charge in [0.15, 0.2) is 0 Å². The molecule has 0 fully saturated rings. The van der Waals surface area contributed by atoms with Gasteiger partial charge in [-0.1, -0.05) is 30.2 Å². The molecule has 56 valence electrons. The standard InChI is InChI=1S/C10H16/c1-8-4-5-9(2)7-10(3)6-8/h4-5,10H,6-7H2,1-3H3. The van der Waals surface area contributed by atoms with E-state index in [1.807, 2.05) is 0 Å². The molecule has 0 saturated carbocycles. The van der Waals surface area contributed by atoms with E-state index in [2.05, 4.69) is 32.9 Å². The van der Waals surface area contributed by atoms with Gasteiger partial charge in [0.2, 0.25) is 0 Å². The average Bonchev–Trinajstić information content (AvgIpc) is 1.93. The molecule has 0 atom stereocenters. The Balaban J connectivity index is 2.70. The summed E-state index contributed by atoms with van der Waals surface area (Å²) in [5, 5.41) is 0. The zero-order valence-electron chi connectivity index (χ0n) is 7.15. The molecule has 0 spiro atoms. The Labute approximate surface area is 63.6 Å². The highest BCUT2D eigenvalue weighted by atomic mass is 14.1. The van der Waals surface area contributed by atoms with E-state index in [4.69, 9.17) is 0 Å². The number of hydrogen-bond acceptors (Lipinski definition) is 0. The Hall–Kier alpha value is -0.520. The molecular weight excluding hydrogens is 120 g/mol. The van der Waals surface area contributed by atoms with Crippen LogP contribution in [0.1, 0.15) is 33.6 Å². The first-order valence-corrected chi connectivity index (χ1v) is 4.01. The lowest BCUT2D eigenvalue weighted by molar-refractivity contribution is 0.576. The summed E-state index contributed by atoms with van der Waals surface area (Å²) in [6.45, 7) is 6.75. The topological polar surface area (TPSA) is 0 Å². The zero-order valence-corrected chi connectivity index (χ0v) is 7.15. The molecule has 0 unspecified atom stereocenters. The predicted octanol–water partition coefficient (Wildman–Crippen LogP) is 3.31. The van der Waals surface area contributed by atoms with Crippen LogP contribution >= 0.6 is 0 Å². The van der Waals surface area contributed by atoms with Gasteiger partial charge in [-0.25, -0.2) is 0 Å². The highest BCUT2D eigenvalue weighted by molar-refractivity contribution is 5.19. The lowest BCUT2D eigenvalue weighted by atomic mass is 9.98. The number of hydrogen-bond donors (Lipinski definition) is 0. The molecule has 0 aromatic carbocycles. The highest BCUT2D eigenvalue weighted by Crippen LogP contribution is 2.22. The van der Waals surface area contributed by atoms with Crippen molar-refractivity contribution in [2.75, 3.05) is 0 Å². The lowest BCUT2D eigenvalue weighted by Crippen LogP contribution is -1.93. The second-order valence-corrected chi connectivity index (χ2v) is 3.54. The van der Waals surface area contributed by atoms with Gasteiger partial charge in [-0.3, -0.25) is 0 Å². The Kier molecular flexibility index (Phi) is 2.31. The Bertz CT molecular complexity index is 152. The first-order valence-electron chi connectivity index (χ1n) is 4.01. The van der Waals surface area contributed by atoms with Crippen LogP contribution in [0.3, 0.4) is 0 Å². The molecule has 1 aliphatic carbocycles. The smallest absolute Gasteiger partial charge is 0.0291 e. The van der Waals surface area contributed by atoms with Crippen LogP contribution in [0.2, 0.25) is 0 Å². The van der Waals surface area contributed by atoms with Gasteiger partial charge < -0.3 is 0 Å². The Morgan fingerprint density at radius 2 is 1.50 bits per heavy atom. The molecule has 0 heterocycles. The minimum Gasteiger partial charge on any atom is -0.0731 e. The molecule has 0 heteroatoms. The van der Waals surface area contributed by atoms with Gasteiger partial charge in [-0.2, -0.15) is 0 Å². The average molecular weight is 136 g/mol. The van der Waals surface area contributed by atoms with Crippen molar-refractivity contribution in [3.8, 4) is 0 Å². The molecule has 0 aromatic heterocycles. The number of rotatable bonds is 0. The van der Waals surface area contributed by atoms with Crippen LogP contribution in [-0.2, 0) is 0 Å². The van der Waals surface area contributed by atoms with Gasteiger partial charge in [0.05, 0.1) is 0 Å². The van der Waals surface area contributed by atoms with Gasteiger partial charge in [0.25, 0.3) is 0 Å². The van der Waals surface area contributed by atoms with Crippen LogP contribution in [0.4, 0.5) is 0 Å². The molecule has 0 nitrogen and oxygen atoms in total. The third-order valence-electron chi connectivity index (χ3n) is 1.99. The van der Waals surface area contributed by atoms with Crippen molar-refractivity contribution in [3.05, 3.63) is 23.3 Å². The van der Waals surface area contributed by atoms with E-state index in [9.17, 15) is 0 Å². The van der Waals surface area contributed by atoms with E-state index in [0.29, 0.717) is 0 Å². The van der Waals surface area contributed by atoms with Crippen molar-refractivity contribution >= 4 is 0 Å². The molecule has 1 aliphatic rings. The zero-order chi connectivity index (χ0) is 7.56. The molecule has 1 rings (SSSR count). The molecule has 0 N–H and O–H groups in total. The second-order valence-electron chi connectivity index (χ2n) is 3.54. The van der Waals surface area contributed by atoms with Crippen LogP contribution in [0, 0.1) is 5.92 Å². The van der Waals surface area contributed by atoms with E-state index >= 15 is 0 Å². The maximum atomic E-state index is 2.32. The van der Waals surface area contributed by atoms with E-state index in [1.165, 1.54) is 24.0 Å². The van der Waals surface area contributed by atoms with Crippen LogP contribution in [0.5, 0.6) is 0 Å². The van der Waals surface area contributed by atoms with Crippen molar-refractivity contribution in [2.24, 2.45) is 5.92 Å². The van der Waals surface area contributed by atoms with Crippen molar-refractivity contribution in [1.29, 1.82) is 0 Å². The molecule has 0 aromatic rings. The minimum absolute atomic E-state index is 0.843. The summed E-state index contributed by atoms with van der Waals surface area (Å²) < 4.78 is 0. The second kappa shape index (κ2) is 3.05. The Morgan fingerprint density at radius 1 is 1.10 bits per heavy atom. The Morgan fingerprint density at radius 3 is 1.90 bits per heavy atom. The molecule has 0 aliphatic heterocycles. The summed E-state index contributed by atoms with van der Waals surface area (Å²) in [5.41, 5.74) is 3.04. The normalized spacial score (nSPS) is 21.5. The molecule has 10 heavy (non-hydrogen) atoms. The fourth-order valence-corrected chi connectivity index (χ4v) is 1.59. The largest absolute Gasteiger partial charge is 0.0731 e. The van der Waals surface area contributed by atoms with Gasteiger partial charge in [-0.05, 0) is 32.6 Å². The summed E-state index contributed by atoms with van der Waals surface area (Å²) in [6.07, 6.45) is 7.04. The third kappa shape index (κ3) is 2.02. The highest BCUT2D eigenvalue weighted by Gasteiger charge is 2.05. The maximum absolute atomic E-state index is 2.32. The minimum atomic E-state index is 0.843. The van der Waals surface area contributed by atoms with E-state index in [0.717, 1.165) is 5.92 Å². The van der Waals surface area contributed by atoms with Crippen molar-refractivity contribution in [1.82, 2.24) is 0 Å². The van der Waals surface area contributed by atoms with Crippen LogP contribution in [0.25, 0.3) is 0 Å². The first-order chi connectivity index (χ1) is 4.68. The summed E-state index contributed by atoms with van der Waals surface area (Å²) in [6, 6.07) is 0. The molecule has 0 saturated heterocycles. The fraction of sp³-hybridized carbons (Fsp3) is 0.600. The molecule has 0 radical (unpaired) electrons. The summed E-state index contributed by atoms with van der Waals surface area (Å²) in [7, 11) is 0. The monoisotopic (exact) mass is 136 g/mol. The first kappa shape index (κ1) is 7.59.